The predicted octanol–water partition coefficient (Wildman–Crippen LogP) is 1.80. The number of rotatable bonds is 7. The van der Waals surface area contributed by atoms with E-state index in [4.69, 9.17) is 4.74 Å². The molecule has 0 aliphatic rings. The highest BCUT2D eigenvalue weighted by Crippen LogP contribution is 1.98. The van der Waals surface area contributed by atoms with E-state index in [2.05, 4.69) is 23.9 Å². The molecule has 4 heteroatoms. The molecule has 84 valence electrons. The van der Waals surface area contributed by atoms with Crippen LogP contribution in [0, 0.1) is 5.92 Å². The molecule has 0 heterocycles. The molecule has 4 nitrogen and oxygen atoms in total. The predicted molar refractivity (Wildman–Crippen MR) is 55.3 cm³/mol. The molecule has 0 saturated heterocycles. The Hall–Kier alpha value is -0.770. The molecule has 0 aliphatic heterocycles. The monoisotopic (exact) mass is 203 g/mol. The Morgan fingerprint density at radius 3 is 2.64 bits per heavy atom. The molecule has 0 atom stereocenters. The third kappa shape index (κ3) is 9.32. The van der Waals surface area contributed by atoms with E-state index in [1.165, 1.54) is 0 Å². The highest BCUT2D eigenvalue weighted by atomic mass is 16.5. The molecular formula is C10H21NO3. The second-order valence-electron chi connectivity index (χ2n) is 3.44. The fraction of sp³-hybridized carbons (Fsp3) is 0.900. The van der Waals surface area contributed by atoms with Crippen LogP contribution in [0.2, 0.25) is 0 Å². The molecule has 0 aromatic carbocycles. The first kappa shape index (κ1) is 13.2. The van der Waals surface area contributed by atoms with Gasteiger partial charge in [0.2, 0.25) is 0 Å². The van der Waals surface area contributed by atoms with Crippen LogP contribution in [0.15, 0.2) is 0 Å². The van der Waals surface area contributed by atoms with Crippen molar-refractivity contribution < 1.29 is 14.3 Å². The second-order valence-corrected chi connectivity index (χ2v) is 3.44. The van der Waals surface area contributed by atoms with Crippen molar-refractivity contribution in [3.63, 3.8) is 0 Å². The number of alkyl carbamates (subject to hydrolysis) is 1. The third-order valence-electron chi connectivity index (χ3n) is 1.63. The summed E-state index contributed by atoms with van der Waals surface area (Å²) in [6.45, 7) is 8.30. The van der Waals surface area contributed by atoms with Crippen LogP contribution >= 0.6 is 0 Å². The Kier molecular flexibility index (Phi) is 8.33. The van der Waals surface area contributed by atoms with E-state index >= 15 is 0 Å². The summed E-state index contributed by atoms with van der Waals surface area (Å²) in [5, 5.41) is 2.59. The van der Waals surface area contributed by atoms with Crippen LogP contribution in [0.4, 0.5) is 4.79 Å². The number of nitrogens with one attached hydrogen (secondary N) is 1. The van der Waals surface area contributed by atoms with Gasteiger partial charge in [0.1, 0.15) is 0 Å². The zero-order chi connectivity index (χ0) is 10.8. The van der Waals surface area contributed by atoms with Crippen LogP contribution in [0.25, 0.3) is 0 Å². The van der Waals surface area contributed by atoms with E-state index in [1.807, 2.05) is 0 Å². The normalized spacial score (nSPS) is 10.3. The molecule has 0 fully saturated rings. The van der Waals surface area contributed by atoms with Crippen molar-refractivity contribution >= 4 is 6.09 Å². The smallest absolute Gasteiger partial charge is 0.407 e. The van der Waals surface area contributed by atoms with Gasteiger partial charge in [0.25, 0.3) is 0 Å². The zero-order valence-electron chi connectivity index (χ0n) is 9.34. The minimum Gasteiger partial charge on any atom is -0.450 e. The van der Waals surface area contributed by atoms with E-state index in [-0.39, 0.29) is 6.09 Å². The Morgan fingerprint density at radius 2 is 2.07 bits per heavy atom. The van der Waals surface area contributed by atoms with Crippen LogP contribution in [0.5, 0.6) is 0 Å². The lowest BCUT2D eigenvalue weighted by Crippen LogP contribution is -2.28. The maximum absolute atomic E-state index is 10.8. The Morgan fingerprint density at radius 1 is 1.36 bits per heavy atom. The molecular weight excluding hydrogens is 182 g/mol. The molecule has 0 saturated carbocycles. The number of hydrogen-bond acceptors (Lipinski definition) is 3. The lowest BCUT2D eigenvalue weighted by molar-refractivity contribution is 0.117. The van der Waals surface area contributed by atoms with Crippen molar-refractivity contribution in [3.05, 3.63) is 0 Å². The lowest BCUT2D eigenvalue weighted by Gasteiger charge is -2.07. The third-order valence-corrected chi connectivity index (χ3v) is 1.63. The van der Waals surface area contributed by atoms with E-state index in [9.17, 15) is 4.79 Å². The summed E-state index contributed by atoms with van der Waals surface area (Å²) in [5.41, 5.74) is 0. The summed E-state index contributed by atoms with van der Waals surface area (Å²) in [5.74, 6) is 0.660. The first-order valence-electron chi connectivity index (χ1n) is 5.15. The molecule has 0 spiro atoms. The van der Waals surface area contributed by atoms with Crippen molar-refractivity contribution in [3.8, 4) is 0 Å². The number of hydrogen-bond donors (Lipinski definition) is 1. The first-order valence-corrected chi connectivity index (χ1v) is 5.15. The van der Waals surface area contributed by atoms with E-state index in [1.54, 1.807) is 6.92 Å². The lowest BCUT2D eigenvalue weighted by atomic mass is 10.1. The quantitative estimate of drug-likeness (QED) is 0.642. The van der Waals surface area contributed by atoms with E-state index < -0.39 is 0 Å². The summed E-state index contributed by atoms with van der Waals surface area (Å²) in [4.78, 5) is 10.8. The highest BCUT2D eigenvalue weighted by molar-refractivity contribution is 5.66. The van der Waals surface area contributed by atoms with Crippen molar-refractivity contribution in [1.29, 1.82) is 0 Å². The van der Waals surface area contributed by atoms with Gasteiger partial charge in [-0.25, -0.2) is 4.79 Å². The zero-order valence-corrected chi connectivity index (χ0v) is 9.34. The molecule has 14 heavy (non-hydrogen) atoms. The molecule has 0 rings (SSSR count). The minimum atomic E-state index is -0.375. The molecule has 0 bridgehead atoms. The summed E-state index contributed by atoms with van der Waals surface area (Å²) in [6.07, 6.45) is 0.680. The molecule has 1 amide bonds. The molecule has 0 radical (unpaired) electrons. The number of carbonyl (C=O) groups is 1. The van der Waals surface area contributed by atoms with Gasteiger partial charge in [-0.2, -0.15) is 0 Å². The van der Waals surface area contributed by atoms with Crippen molar-refractivity contribution in [1.82, 2.24) is 5.32 Å². The van der Waals surface area contributed by atoms with Crippen molar-refractivity contribution in [2.24, 2.45) is 5.92 Å². The molecule has 0 aromatic rings. The van der Waals surface area contributed by atoms with Gasteiger partial charge in [0.05, 0.1) is 13.2 Å². The van der Waals surface area contributed by atoms with Crippen LogP contribution in [0.1, 0.15) is 27.2 Å². The van der Waals surface area contributed by atoms with Crippen LogP contribution in [-0.4, -0.2) is 32.5 Å². The first-order chi connectivity index (χ1) is 6.66. The van der Waals surface area contributed by atoms with Crippen molar-refractivity contribution in [2.75, 3.05) is 26.4 Å². The number of ether oxygens (including phenoxy) is 2. The summed E-state index contributed by atoms with van der Waals surface area (Å²) < 4.78 is 9.98. The summed E-state index contributed by atoms with van der Waals surface area (Å²) >= 11 is 0. The van der Waals surface area contributed by atoms with Gasteiger partial charge in [-0.3, -0.25) is 0 Å². The van der Waals surface area contributed by atoms with Gasteiger partial charge in [0.15, 0.2) is 0 Å². The topological polar surface area (TPSA) is 47.6 Å². The number of carbonyl (C=O) groups excluding carboxylic acids is 1. The summed E-state index contributed by atoms with van der Waals surface area (Å²) in [7, 11) is 0. The maximum atomic E-state index is 10.8. The van der Waals surface area contributed by atoms with E-state index in [0.717, 1.165) is 13.0 Å². The number of amides is 1. The van der Waals surface area contributed by atoms with Crippen LogP contribution in [0.3, 0.4) is 0 Å². The van der Waals surface area contributed by atoms with Gasteiger partial charge >= 0.3 is 6.09 Å². The standard InChI is InChI=1S/C10H21NO3/c1-4-14-10(12)11-6-8-13-7-5-9(2)3/h9H,4-8H2,1-3H3,(H,11,12). The average Bonchev–Trinajstić information content (AvgIpc) is 2.11. The Labute approximate surface area is 86.0 Å². The van der Waals surface area contributed by atoms with E-state index in [0.29, 0.717) is 25.7 Å². The average molecular weight is 203 g/mol. The summed E-state index contributed by atoms with van der Waals surface area (Å²) in [6, 6.07) is 0. The maximum Gasteiger partial charge on any atom is 0.407 e. The second kappa shape index (κ2) is 8.81. The Bertz CT molecular complexity index is 148. The van der Waals surface area contributed by atoms with Crippen molar-refractivity contribution in [2.45, 2.75) is 27.2 Å². The molecule has 1 N–H and O–H groups in total. The van der Waals surface area contributed by atoms with Gasteiger partial charge in [-0.15, -0.1) is 0 Å². The van der Waals surface area contributed by atoms with Crippen LogP contribution < -0.4 is 5.32 Å². The fourth-order valence-electron chi connectivity index (χ4n) is 0.828. The van der Waals surface area contributed by atoms with Gasteiger partial charge < -0.3 is 14.8 Å². The highest BCUT2D eigenvalue weighted by Gasteiger charge is 1.98. The SMILES string of the molecule is CCOC(=O)NCCOCCC(C)C. The van der Waals surface area contributed by atoms with Gasteiger partial charge in [-0.05, 0) is 19.3 Å². The fourth-order valence-corrected chi connectivity index (χ4v) is 0.828. The molecule has 0 unspecified atom stereocenters. The van der Waals surface area contributed by atoms with Crippen LogP contribution in [-0.2, 0) is 9.47 Å². The largest absolute Gasteiger partial charge is 0.450 e. The van der Waals surface area contributed by atoms with Gasteiger partial charge in [0, 0.05) is 13.2 Å². The molecule has 0 aliphatic carbocycles. The van der Waals surface area contributed by atoms with Gasteiger partial charge in [-0.1, -0.05) is 13.8 Å². The minimum absolute atomic E-state index is 0.375. The Balaban J connectivity index is 3.09. The molecule has 0 aromatic heterocycles.